The lowest BCUT2D eigenvalue weighted by Crippen LogP contribution is -2.48. The number of rotatable bonds is 4. The average molecular weight is 416 g/mol. The van der Waals surface area contributed by atoms with E-state index in [1.807, 2.05) is 24.3 Å². The molecule has 4 saturated carbocycles. The van der Waals surface area contributed by atoms with E-state index in [2.05, 4.69) is 5.32 Å². The number of halogens is 3. The van der Waals surface area contributed by atoms with Crippen LogP contribution < -0.4 is 5.32 Å². The van der Waals surface area contributed by atoms with Gasteiger partial charge >= 0.3 is 6.18 Å². The van der Waals surface area contributed by atoms with Crippen LogP contribution >= 0.6 is 0 Å². The fourth-order valence-electron chi connectivity index (χ4n) is 6.52. The predicted octanol–water partition coefficient (Wildman–Crippen LogP) is 6.83. The summed E-state index contributed by atoms with van der Waals surface area (Å²) < 4.78 is 40.3. The molecule has 0 unspecified atom stereocenters. The lowest BCUT2D eigenvalue weighted by Gasteiger charge is -2.57. The highest BCUT2D eigenvalue weighted by atomic mass is 19.4. The number of hydrogen-bond donors (Lipinski definition) is 1. The zero-order valence-corrected chi connectivity index (χ0v) is 16.4. The number of nitrogens with zero attached hydrogens (tertiary/aromatic N) is 1. The van der Waals surface area contributed by atoms with E-state index in [9.17, 15) is 23.3 Å². The first-order chi connectivity index (χ1) is 14.2. The molecule has 7 heteroatoms. The van der Waals surface area contributed by atoms with Gasteiger partial charge in [0.15, 0.2) is 0 Å². The third-order valence-corrected chi connectivity index (χ3v) is 7.33. The summed E-state index contributed by atoms with van der Waals surface area (Å²) in [5.41, 5.74) is 0.273. The van der Waals surface area contributed by atoms with Gasteiger partial charge in [0.2, 0.25) is 0 Å². The van der Waals surface area contributed by atoms with Crippen LogP contribution in [-0.2, 0) is 11.6 Å². The third kappa shape index (κ3) is 3.34. The molecule has 0 aliphatic heterocycles. The van der Waals surface area contributed by atoms with E-state index < -0.39 is 22.4 Å². The Morgan fingerprint density at radius 2 is 1.50 bits per heavy atom. The van der Waals surface area contributed by atoms with Crippen molar-refractivity contribution in [3.05, 3.63) is 63.7 Å². The van der Waals surface area contributed by atoms with Crippen LogP contribution in [0.4, 0.5) is 30.2 Å². The van der Waals surface area contributed by atoms with Crippen LogP contribution in [0.25, 0.3) is 0 Å². The second-order valence-corrected chi connectivity index (χ2v) is 9.38. The third-order valence-electron chi connectivity index (χ3n) is 7.33. The van der Waals surface area contributed by atoms with Gasteiger partial charge in [0.05, 0.1) is 16.2 Å². The van der Waals surface area contributed by atoms with Crippen LogP contribution in [0.2, 0.25) is 0 Å². The Morgan fingerprint density at radius 3 is 2.00 bits per heavy atom. The number of nitro benzene ring substituents is 1. The van der Waals surface area contributed by atoms with E-state index in [4.69, 9.17) is 0 Å². The maximum Gasteiger partial charge on any atom is 0.418 e. The normalized spacial score (nSPS) is 29.8. The summed E-state index contributed by atoms with van der Waals surface area (Å²) in [6, 6.07) is 10.5. The highest BCUT2D eigenvalue weighted by Crippen LogP contribution is 2.60. The van der Waals surface area contributed by atoms with Crippen molar-refractivity contribution >= 4 is 17.1 Å². The Bertz CT molecular complexity index is 950. The number of alkyl halides is 3. The summed E-state index contributed by atoms with van der Waals surface area (Å²) in [5, 5.41) is 13.7. The molecule has 30 heavy (non-hydrogen) atoms. The SMILES string of the molecule is O=[N+]([O-])c1ccc(Nc2ccc(C34CC5CC(CC(C5)C3)C4)cc2)c(C(F)(F)F)c1. The van der Waals surface area contributed by atoms with Gasteiger partial charge in [-0.3, -0.25) is 10.1 Å². The molecule has 4 nitrogen and oxygen atoms in total. The predicted molar refractivity (Wildman–Crippen MR) is 108 cm³/mol. The number of anilines is 2. The van der Waals surface area contributed by atoms with Crippen LogP contribution in [0.1, 0.15) is 49.7 Å². The lowest BCUT2D eigenvalue weighted by atomic mass is 9.48. The van der Waals surface area contributed by atoms with Gasteiger partial charge in [-0.05, 0) is 85.5 Å². The molecule has 2 aromatic carbocycles. The number of nitrogens with one attached hydrogen (secondary N) is 1. The summed E-state index contributed by atoms with van der Waals surface area (Å²) in [4.78, 5) is 10.0. The second kappa shape index (κ2) is 6.72. The zero-order valence-electron chi connectivity index (χ0n) is 16.4. The van der Waals surface area contributed by atoms with Crippen molar-refractivity contribution in [2.75, 3.05) is 5.32 Å². The number of non-ortho nitro benzene ring substituents is 1. The van der Waals surface area contributed by atoms with E-state index in [-0.39, 0.29) is 11.1 Å². The summed E-state index contributed by atoms with van der Waals surface area (Å²) in [6.07, 6.45) is 3.08. The molecule has 4 fully saturated rings. The molecule has 0 aromatic heterocycles. The summed E-state index contributed by atoms with van der Waals surface area (Å²) in [7, 11) is 0. The first-order valence-electron chi connectivity index (χ1n) is 10.4. The molecule has 2 aromatic rings. The summed E-state index contributed by atoms with van der Waals surface area (Å²) in [5.74, 6) is 2.47. The maximum atomic E-state index is 13.4. The first-order valence-corrected chi connectivity index (χ1v) is 10.4. The summed E-state index contributed by atoms with van der Waals surface area (Å²) in [6.45, 7) is 0. The van der Waals surface area contributed by atoms with Gasteiger partial charge in [-0.2, -0.15) is 13.2 Å². The highest BCUT2D eigenvalue weighted by Gasteiger charge is 2.51. The molecule has 4 bridgehead atoms. The molecular formula is C23H23F3N2O2. The quantitative estimate of drug-likeness (QED) is 0.439. The minimum Gasteiger partial charge on any atom is -0.355 e. The van der Waals surface area contributed by atoms with E-state index >= 15 is 0 Å². The van der Waals surface area contributed by atoms with Gasteiger partial charge in [0, 0.05) is 17.8 Å². The molecule has 0 spiro atoms. The average Bonchev–Trinajstić information content (AvgIpc) is 2.67. The molecule has 4 aliphatic rings. The molecule has 0 atom stereocenters. The molecule has 0 heterocycles. The Labute approximate surface area is 172 Å². The van der Waals surface area contributed by atoms with Crippen molar-refractivity contribution in [1.82, 2.24) is 0 Å². The van der Waals surface area contributed by atoms with Crippen molar-refractivity contribution in [2.24, 2.45) is 17.8 Å². The van der Waals surface area contributed by atoms with E-state index in [1.54, 1.807) is 0 Å². The summed E-state index contributed by atoms with van der Waals surface area (Å²) >= 11 is 0. The largest absolute Gasteiger partial charge is 0.418 e. The van der Waals surface area contributed by atoms with Crippen LogP contribution in [0, 0.1) is 27.9 Å². The van der Waals surface area contributed by atoms with Crippen LogP contribution in [-0.4, -0.2) is 4.92 Å². The van der Waals surface area contributed by atoms with E-state index in [1.165, 1.54) is 44.1 Å². The number of benzene rings is 2. The molecule has 0 amide bonds. The standard InChI is InChI=1S/C23H23F3N2O2/c24-23(25,26)20-10-19(28(29)30)5-6-21(20)27-18-3-1-17(2-4-18)22-11-14-7-15(12-22)9-16(8-14)13-22/h1-6,10,14-16,27H,7-9,11-13H2. The van der Waals surface area contributed by atoms with Crippen molar-refractivity contribution in [2.45, 2.75) is 50.1 Å². The zero-order chi connectivity index (χ0) is 21.1. The Balaban J connectivity index is 1.40. The molecule has 1 N–H and O–H groups in total. The van der Waals surface area contributed by atoms with E-state index in [0.717, 1.165) is 29.9 Å². The Kier molecular flexibility index (Phi) is 4.35. The van der Waals surface area contributed by atoms with Gasteiger partial charge in [0.1, 0.15) is 0 Å². The second-order valence-electron chi connectivity index (χ2n) is 9.38. The van der Waals surface area contributed by atoms with Crippen molar-refractivity contribution < 1.29 is 18.1 Å². The number of nitro groups is 1. The molecule has 6 rings (SSSR count). The van der Waals surface area contributed by atoms with Gasteiger partial charge in [-0.15, -0.1) is 0 Å². The first kappa shape index (κ1) is 19.4. The monoisotopic (exact) mass is 416 g/mol. The molecular weight excluding hydrogens is 393 g/mol. The Morgan fingerprint density at radius 1 is 0.933 bits per heavy atom. The van der Waals surface area contributed by atoms with Gasteiger partial charge in [-0.25, -0.2) is 0 Å². The Hall–Kier alpha value is -2.57. The molecule has 0 radical (unpaired) electrons. The van der Waals surface area contributed by atoms with Gasteiger partial charge < -0.3 is 5.32 Å². The minimum atomic E-state index is -4.69. The smallest absolute Gasteiger partial charge is 0.355 e. The maximum absolute atomic E-state index is 13.4. The highest BCUT2D eigenvalue weighted by molar-refractivity contribution is 5.66. The van der Waals surface area contributed by atoms with Crippen LogP contribution in [0.3, 0.4) is 0 Å². The van der Waals surface area contributed by atoms with Crippen LogP contribution in [0.5, 0.6) is 0 Å². The van der Waals surface area contributed by atoms with Crippen molar-refractivity contribution in [3.63, 3.8) is 0 Å². The van der Waals surface area contributed by atoms with Crippen molar-refractivity contribution in [1.29, 1.82) is 0 Å². The molecule has 4 aliphatic carbocycles. The van der Waals surface area contributed by atoms with Gasteiger partial charge in [-0.1, -0.05) is 12.1 Å². The number of hydrogen-bond acceptors (Lipinski definition) is 3. The fraction of sp³-hybridized carbons (Fsp3) is 0.478. The van der Waals surface area contributed by atoms with Crippen molar-refractivity contribution in [3.8, 4) is 0 Å². The van der Waals surface area contributed by atoms with Gasteiger partial charge in [0.25, 0.3) is 5.69 Å². The fourth-order valence-corrected chi connectivity index (χ4v) is 6.52. The minimum absolute atomic E-state index is 0.185. The molecule has 158 valence electrons. The lowest BCUT2D eigenvalue weighted by molar-refractivity contribution is -0.385. The molecule has 0 saturated heterocycles. The topological polar surface area (TPSA) is 55.2 Å². The van der Waals surface area contributed by atoms with Crippen LogP contribution in [0.15, 0.2) is 42.5 Å². The van der Waals surface area contributed by atoms with E-state index in [0.29, 0.717) is 11.8 Å².